The molecule has 1 aromatic carbocycles. The fraction of sp³-hybridized carbons (Fsp3) is 0.500. The van der Waals surface area contributed by atoms with Crippen LogP contribution in [0.2, 0.25) is 0 Å². The zero-order valence-electron chi connectivity index (χ0n) is 12.0. The van der Waals surface area contributed by atoms with Gasteiger partial charge in [0.15, 0.2) is 0 Å². The molecule has 0 spiro atoms. The Labute approximate surface area is 115 Å². The monoisotopic (exact) mass is 258 g/mol. The van der Waals surface area contributed by atoms with Crippen LogP contribution in [0.4, 0.5) is 0 Å². The maximum atomic E-state index is 11.9. The van der Waals surface area contributed by atoms with Crippen LogP contribution >= 0.6 is 0 Å². The number of hydrazone groups is 1. The van der Waals surface area contributed by atoms with Gasteiger partial charge in [-0.25, -0.2) is 5.01 Å². The molecule has 102 valence electrons. The Bertz CT molecular complexity index is 474. The van der Waals surface area contributed by atoms with Crippen LogP contribution in [-0.2, 0) is 11.3 Å². The highest BCUT2D eigenvalue weighted by Gasteiger charge is 2.22. The Balaban J connectivity index is 2.03. The lowest BCUT2D eigenvalue weighted by Crippen LogP contribution is -2.20. The van der Waals surface area contributed by atoms with Gasteiger partial charge in [-0.05, 0) is 23.5 Å². The molecule has 3 heteroatoms. The number of nitrogens with zero attached hydrogens (tertiary/aromatic N) is 2. The molecule has 0 aromatic heterocycles. The number of carbonyl (C=O) groups is 1. The summed E-state index contributed by atoms with van der Waals surface area (Å²) in [7, 11) is 0. The second-order valence-electron chi connectivity index (χ2n) is 5.44. The first-order valence-electron chi connectivity index (χ1n) is 7.05. The van der Waals surface area contributed by atoms with Crippen LogP contribution in [0.15, 0.2) is 29.4 Å². The molecule has 0 saturated heterocycles. The van der Waals surface area contributed by atoms with Gasteiger partial charge in [-0.2, -0.15) is 5.10 Å². The Kier molecular flexibility index (Phi) is 4.35. The van der Waals surface area contributed by atoms with Gasteiger partial charge in [-0.15, -0.1) is 0 Å². The van der Waals surface area contributed by atoms with Crippen molar-refractivity contribution in [3.8, 4) is 0 Å². The Morgan fingerprint density at radius 2 is 1.95 bits per heavy atom. The molecule has 19 heavy (non-hydrogen) atoms. The summed E-state index contributed by atoms with van der Waals surface area (Å²) in [6.07, 6.45) is 2.47. The first-order chi connectivity index (χ1) is 9.10. The molecule has 1 heterocycles. The zero-order chi connectivity index (χ0) is 13.8. The van der Waals surface area contributed by atoms with Gasteiger partial charge in [0.1, 0.15) is 0 Å². The molecule has 3 nitrogen and oxygen atoms in total. The van der Waals surface area contributed by atoms with E-state index in [0.717, 1.165) is 24.1 Å². The molecule has 0 radical (unpaired) electrons. The fourth-order valence-electron chi connectivity index (χ4n) is 2.26. The maximum absolute atomic E-state index is 11.9. The van der Waals surface area contributed by atoms with Crippen molar-refractivity contribution >= 4 is 11.6 Å². The van der Waals surface area contributed by atoms with Gasteiger partial charge in [-0.3, -0.25) is 4.79 Å². The largest absolute Gasteiger partial charge is 0.273 e. The Hall–Kier alpha value is -1.64. The third-order valence-electron chi connectivity index (χ3n) is 3.42. The van der Waals surface area contributed by atoms with Gasteiger partial charge in [0, 0.05) is 5.71 Å². The maximum Gasteiger partial charge on any atom is 0.248 e. The molecule has 1 aromatic rings. The lowest BCUT2D eigenvalue weighted by atomic mass is 10.0. The number of carbonyl (C=O) groups excluding carboxylic acids is 1. The molecule has 0 saturated carbocycles. The molecular formula is C16H22N2O. The van der Waals surface area contributed by atoms with E-state index in [1.54, 1.807) is 5.01 Å². The molecule has 2 rings (SSSR count). The summed E-state index contributed by atoms with van der Waals surface area (Å²) in [5.74, 6) is 0.660. The second-order valence-corrected chi connectivity index (χ2v) is 5.44. The predicted octanol–water partition coefficient (Wildman–Crippen LogP) is 3.70. The highest BCUT2D eigenvalue weighted by Crippen LogP contribution is 2.18. The van der Waals surface area contributed by atoms with Crippen LogP contribution in [0.1, 0.15) is 57.1 Å². The number of rotatable bonds is 5. The van der Waals surface area contributed by atoms with E-state index in [2.05, 4.69) is 50.1 Å². The van der Waals surface area contributed by atoms with Crippen LogP contribution in [-0.4, -0.2) is 16.6 Å². The van der Waals surface area contributed by atoms with Gasteiger partial charge < -0.3 is 0 Å². The van der Waals surface area contributed by atoms with E-state index >= 15 is 0 Å². The average Bonchev–Trinajstić information content (AvgIpc) is 2.71. The zero-order valence-corrected chi connectivity index (χ0v) is 12.0. The molecule has 0 fully saturated rings. The molecule has 1 aliphatic rings. The number of hydrogen-bond acceptors (Lipinski definition) is 2. The number of hydrogen-bond donors (Lipinski definition) is 0. The SMILES string of the molecule is CCCC1=NN(Cc2ccc(C(C)C)cc2)C(=O)C1. The summed E-state index contributed by atoms with van der Waals surface area (Å²) >= 11 is 0. The quantitative estimate of drug-likeness (QED) is 0.792. The summed E-state index contributed by atoms with van der Waals surface area (Å²) in [4.78, 5) is 11.9. The van der Waals surface area contributed by atoms with Crippen molar-refractivity contribution in [2.24, 2.45) is 5.10 Å². The van der Waals surface area contributed by atoms with Crippen molar-refractivity contribution in [3.63, 3.8) is 0 Å². The van der Waals surface area contributed by atoms with Gasteiger partial charge in [0.2, 0.25) is 5.91 Å². The predicted molar refractivity (Wildman–Crippen MR) is 78.0 cm³/mol. The van der Waals surface area contributed by atoms with E-state index in [-0.39, 0.29) is 5.91 Å². The van der Waals surface area contributed by atoms with E-state index in [0.29, 0.717) is 18.9 Å². The van der Waals surface area contributed by atoms with Crippen molar-refractivity contribution in [2.75, 3.05) is 0 Å². The minimum Gasteiger partial charge on any atom is -0.273 e. The third kappa shape index (κ3) is 3.43. The third-order valence-corrected chi connectivity index (χ3v) is 3.42. The highest BCUT2D eigenvalue weighted by atomic mass is 16.2. The van der Waals surface area contributed by atoms with E-state index in [9.17, 15) is 4.79 Å². The topological polar surface area (TPSA) is 32.7 Å². The molecule has 0 atom stereocenters. The van der Waals surface area contributed by atoms with Crippen molar-refractivity contribution in [1.82, 2.24) is 5.01 Å². The van der Waals surface area contributed by atoms with E-state index in [4.69, 9.17) is 0 Å². The molecule has 1 amide bonds. The average molecular weight is 258 g/mol. The van der Waals surface area contributed by atoms with Crippen molar-refractivity contribution in [1.29, 1.82) is 0 Å². The summed E-state index contributed by atoms with van der Waals surface area (Å²) in [5.41, 5.74) is 3.48. The molecular weight excluding hydrogens is 236 g/mol. The van der Waals surface area contributed by atoms with Crippen LogP contribution in [0.3, 0.4) is 0 Å². The van der Waals surface area contributed by atoms with Gasteiger partial charge >= 0.3 is 0 Å². The van der Waals surface area contributed by atoms with Crippen LogP contribution in [0.25, 0.3) is 0 Å². The lowest BCUT2D eigenvalue weighted by molar-refractivity contribution is -0.129. The van der Waals surface area contributed by atoms with Crippen molar-refractivity contribution < 1.29 is 4.79 Å². The van der Waals surface area contributed by atoms with Crippen LogP contribution in [0, 0.1) is 0 Å². The molecule has 0 unspecified atom stereocenters. The van der Waals surface area contributed by atoms with Gasteiger partial charge in [0.25, 0.3) is 0 Å². The second kappa shape index (κ2) is 6.00. The van der Waals surface area contributed by atoms with Crippen molar-refractivity contribution in [2.45, 2.75) is 52.5 Å². The summed E-state index contributed by atoms with van der Waals surface area (Å²) in [5, 5.41) is 6.02. The Morgan fingerprint density at radius 1 is 1.26 bits per heavy atom. The molecule has 0 aliphatic carbocycles. The molecule has 1 aliphatic heterocycles. The lowest BCUT2D eigenvalue weighted by Gasteiger charge is -2.12. The summed E-state index contributed by atoms with van der Waals surface area (Å²) in [6, 6.07) is 8.46. The summed E-state index contributed by atoms with van der Waals surface area (Å²) < 4.78 is 0. The minimum absolute atomic E-state index is 0.122. The van der Waals surface area contributed by atoms with Crippen LogP contribution in [0.5, 0.6) is 0 Å². The van der Waals surface area contributed by atoms with Gasteiger partial charge in [0.05, 0.1) is 13.0 Å². The standard InChI is InChI=1S/C16H22N2O/c1-4-5-15-10-16(19)18(17-15)11-13-6-8-14(9-7-13)12(2)3/h6-9,12H,4-5,10-11H2,1-3H3. The minimum atomic E-state index is 0.122. The first kappa shape index (κ1) is 13.8. The van der Waals surface area contributed by atoms with E-state index < -0.39 is 0 Å². The normalized spacial score (nSPS) is 15.3. The number of benzene rings is 1. The van der Waals surface area contributed by atoms with Crippen molar-refractivity contribution in [3.05, 3.63) is 35.4 Å². The van der Waals surface area contributed by atoms with Gasteiger partial charge in [-0.1, -0.05) is 51.5 Å². The molecule has 0 N–H and O–H groups in total. The Morgan fingerprint density at radius 3 is 2.53 bits per heavy atom. The van der Waals surface area contributed by atoms with Crippen LogP contribution < -0.4 is 0 Å². The van der Waals surface area contributed by atoms with E-state index in [1.165, 1.54) is 5.56 Å². The first-order valence-corrected chi connectivity index (χ1v) is 7.05. The summed E-state index contributed by atoms with van der Waals surface area (Å²) in [6.45, 7) is 7.06. The smallest absolute Gasteiger partial charge is 0.248 e. The fourth-order valence-corrected chi connectivity index (χ4v) is 2.26. The molecule has 0 bridgehead atoms. The number of amides is 1. The highest BCUT2D eigenvalue weighted by molar-refractivity contribution is 6.04. The van der Waals surface area contributed by atoms with E-state index in [1.807, 2.05) is 0 Å².